The van der Waals surface area contributed by atoms with E-state index in [1.165, 1.54) is 13.4 Å². The lowest BCUT2D eigenvalue weighted by Gasteiger charge is -2.29. The maximum atomic E-state index is 14.0. The van der Waals surface area contributed by atoms with E-state index in [1.807, 2.05) is 56.3 Å². The summed E-state index contributed by atoms with van der Waals surface area (Å²) in [7, 11) is 1.27. The van der Waals surface area contributed by atoms with Gasteiger partial charge < -0.3 is 44.7 Å². The summed E-state index contributed by atoms with van der Waals surface area (Å²) in [5.74, 6) is -0.300. The fourth-order valence-corrected chi connectivity index (χ4v) is 6.74. The van der Waals surface area contributed by atoms with Crippen molar-refractivity contribution < 1.29 is 37.8 Å². The van der Waals surface area contributed by atoms with Crippen molar-refractivity contribution in [2.45, 2.75) is 70.5 Å². The van der Waals surface area contributed by atoms with Gasteiger partial charge in [-0.2, -0.15) is 0 Å². The van der Waals surface area contributed by atoms with Crippen LogP contribution in [0.2, 0.25) is 0 Å². The predicted molar refractivity (Wildman–Crippen MR) is 174 cm³/mol. The first-order chi connectivity index (χ1) is 23.5. The number of para-hydroxylation sites is 1. The number of hydrogen-bond acceptors (Lipinski definition) is 11. The van der Waals surface area contributed by atoms with Crippen LogP contribution in [0.5, 0.6) is 5.75 Å². The molecule has 5 heterocycles. The lowest BCUT2D eigenvalue weighted by Crippen LogP contribution is -2.52. The first-order valence-corrected chi connectivity index (χ1v) is 16.2. The van der Waals surface area contributed by atoms with Gasteiger partial charge in [-0.05, 0) is 35.1 Å². The summed E-state index contributed by atoms with van der Waals surface area (Å²) in [5, 5.41) is 22.5. The van der Waals surface area contributed by atoms with E-state index >= 15 is 0 Å². The van der Waals surface area contributed by atoms with Crippen LogP contribution in [0.15, 0.2) is 57.6 Å². The molecule has 3 aliphatic rings. The number of aliphatic hydroxyl groups is 1. The third-order valence-corrected chi connectivity index (χ3v) is 9.30. The topological polar surface area (TPSA) is 190 Å². The Balaban J connectivity index is 1.43. The van der Waals surface area contributed by atoms with Crippen molar-refractivity contribution in [2.75, 3.05) is 12.4 Å². The van der Waals surface area contributed by atoms with Crippen LogP contribution in [0.1, 0.15) is 67.8 Å². The number of benzene rings is 2. The number of ether oxygens (including phenoxy) is 2. The highest BCUT2D eigenvalue weighted by Crippen LogP contribution is 2.59. The highest BCUT2D eigenvalue weighted by molar-refractivity contribution is 5.90. The fraction of sp³-hybridized carbons (Fsp3) is 0.400. The van der Waals surface area contributed by atoms with Gasteiger partial charge in [-0.25, -0.2) is 14.8 Å². The number of alkyl carbamates (subject to hydrolysis) is 1. The molecule has 3 aliphatic heterocycles. The number of fused-ring (bicyclic) bond motifs is 4. The van der Waals surface area contributed by atoms with E-state index < -0.39 is 47.7 Å². The largest absolute Gasteiger partial charge is 0.469 e. The number of amides is 3. The minimum Gasteiger partial charge on any atom is -0.469 e. The third-order valence-electron chi connectivity index (χ3n) is 9.30. The summed E-state index contributed by atoms with van der Waals surface area (Å²) in [4.78, 5) is 48.4. The van der Waals surface area contributed by atoms with Crippen molar-refractivity contribution in [3.63, 3.8) is 0 Å². The average molecular weight is 671 g/mol. The van der Waals surface area contributed by atoms with Crippen LogP contribution in [0.25, 0.3) is 11.6 Å². The molecule has 5 N–H and O–H groups in total. The maximum Gasteiger partial charge on any atom is 0.407 e. The number of anilines is 1. The Bertz CT molecular complexity index is 1930. The average Bonchev–Trinajstić information content (AvgIpc) is 3.86. The number of carbonyl (C=O) groups excluding carboxylic acids is 3. The number of aliphatic hydroxyl groups excluding tert-OH is 1. The molecule has 0 radical (unpaired) electrons. The molecule has 14 heteroatoms. The Labute approximate surface area is 282 Å². The molecular weight excluding hydrogens is 632 g/mol. The quantitative estimate of drug-likeness (QED) is 0.193. The van der Waals surface area contributed by atoms with Gasteiger partial charge in [0.1, 0.15) is 35.6 Å². The van der Waals surface area contributed by atoms with E-state index in [0.29, 0.717) is 22.9 Å². The molecule has 4 bridgehead atoms. The van der Waals surface area contributed by atoms with Gasteiger partial charge in [-0.1, -0.05) is 58.0 Å². The molecule has 2 aromatic carbocycles. The van der Waals surface area contributed by atoms with Crippen molar-refractivity contribution in [1.29, 1.82) is 0 Å². The van der Waals surface area contributed by atoms with Gasteiger partial charge in [0.15, 0.2) is 17.7 Å². The van der Waals surface area contributed by atoms with Crippen LogP contribution in [-0.2, 0) is 32.7 Å². The number of aromatic nitrogens is 2. The number of nitrogens with one attached hydrogen (secondary N) is 4. The zero-order valence-electron chi connectivity index (χ0n) is 27.7. The van der Waals surface area contributed by atoms with E-state index in [9.17, 15) is 19.5 Å². The van der Waals surface area contributed by atoms with Crippen molar-refractivity contribution in [1.82, 2.24) is 25.9 Å². The predicted octanol–water partition coefficient (Wildman–Crippen LogP) is 3.54. The molecule has 3 amide bonds. The van der Waals surface area contributed by atoms with E-state index in [0.717, 1.165) is 22.4 Å². The summed E-state index contributed by atoms with van der Waals surface area (Å²) in [6.45, 7) is 7.35. The van der Waals surface area contributed by atoms with E-state index in [2.05, 4.69) is 31.0 Å². The summed E-state index contributed by atoms with van der Waals surface area (Å²) in [6, 6.07) is 11.7. The Morgan fingerprint density at radius 1 is 1.10 bits per heavy atom. The molecule has 4 aromatic rings. The second-order valence-corrected chi connectivity index (χ2v) is 13.2. The second-order valence-electron chi connectivity index (χ2n) is 13.2. The SMILES string of the molecule is COC(=O)NCc1coc(-c2nc3oc2C24c5ccccc5N[C@@H]2Oc2ccc(cc24)C[C@H](NC(=O)[C@@H](O)C(C)C)C(=O)N[C@H]3C(C)C)n1. The van der Waals surface area contributed by atoms with Crippen molar-refractivity contribution >= 4 is 23.6 Å². The molecule has 7 rings (SSSR count). The molecular formula is C35H38N6O8. The molecule has 1 unspecified atom stereocenters. The van der Waals surface area contributed by atoms with Gasteiger partial charge in [0.05, 0.1) is 19.3 Å². The van der Waals surface area contributed by atoms with Crippen LogP contribution in [-0.4, -0.2) is 58.5 Å². The molecule has 0 saturated heterocycles. The number of carbonyl (C=O) groups is 3. The standard InChI is InChI=1S/C35H38N6O8/c1-16(2)25-32-41-26(31-37-19(15-47-31)14-36-34(45)46-5)28(49-32)35-20-8-6-7-9-22(20)39-33(35)48-24-11-10-18(12-21(24)35)13-23(29(43)40-25)38-30(44)27(42)17(3)4/h6-12,15-17,23,25,27,33,39,42H,13-14H2,1-5H3,(H,36,45)(H,38,44)(H,40,43)/t23-,25-,27-,33+,35?/m0/s1. The van der Waals surface area contributed by atoms with Crippen LogP contribution >= 0.6 is 0 Å². The Morgan fingerprint density at radius 3 is 2.65 bits per heavy atom. The second kappa shape index (κ2) is 12.3. The molecule has 2 aromatic heterocycles. The Kier molecular flexibility index (Phi) is 8.05. The van der Waals surface area contributed by atoms with E-state index in [-0.39, 0.29) is 36.6 Å². The number of rotatable bonds is 7. The summed E-state index contributed by atoms with van der Waals surface area (Å²) in [6.07, 6.45) is -0.984. The summed E-state index contributed by atoms with van der Waals surface area (Å²) in [5.41, 5.74) is 2.90. The van der Waals surface area contributed by atoms with Crippen molar-refractivity contribution in [3.8, 4) is 17.3 Å². The smallest absolute Gasteiger partial charge is 0.407 e. The summed E-state index contributed by atoms with van der Waals surface area (Å²) >= 11 is 0. The van der Waals surface area contributed by atoms with Gasteiger partial charge >= 0.3 is 6.09 Å². The van der Waals surface area contributed by atoms with Gasteiger partial charge in [0.2, 0.25) is 23.6 Å². The van der Waals surface area contributed by atoms with Gasteiger partial charge in [-0.3, -0.25) is 9.59 Å². The van der Waals surface area contributed by atoms with Crippen LogP contribution in [0.4, 0.5) is 10.5 Å². The van der Waals surface area contributed by atoms with Gasteiger partial charge in [-0.15, -0.1) is 0 Å². The lowest BCUT2D eigenvalue weighted by molar-refractivity contribution is -0.135. The zero-order chi connectivity index (χ0) is 34.6. The Morgan fingerprint density at radius 2 is 1.90 bits per heavy atom. The molecule has 49 heavy (non-hydrogen) atoms. The van der Waals surface area contributed by atoms with Crippen LogP contribution in [0.3, 0.4) is 0 Å². The monoisotopic (exact) mass is 670 g/mol. The highest BCUT2D eigenvalue weighted by atomic mass is 16.5. The number of methoxy groups -OCH3 is 1. The van der Waals surface area contributed by atoms with E-state index in [1.54, 1.807) is 13.8 Å². The number of oxazole rings is 2. The van der Waals surface area contributed by atoms with Crippen molar-refractivity contribution in [2.24, 2.45) is 11.8 Å². The molecule has 5 atom stereocenters. The van der Waals surface area contributed by atoms with Gasteiger partial charge in [0, 0.05) is 17.7 Å². The lowest BCUT2D eigenvalue weighted by atomic mass is 9.72. The third kappa shape index (κ3) is 5.36. The molecule has 0 saturated carbocycles. The molecule has 14 nitrogen and oxygen atoms in total. The van der Waals surface area contributed by atoms with Gasteiger partial charge in [0.25, 0.3) is 0 Å². The van der Waals surface area contributed by atoms with Crippen molar-refractivity contribution in [3.05, 3.63) is 82.8 Å². The highest BCUT2D eigenvalue weighted by Gasteiger charge is 2.61. The zero-order valence-corrected chi connectivity index (χ0v) is 27.7. The van der Waals surface area contributed by atoms with Crippen LogP contribution in [0, 0.1) is 11.8 Å². The minimum absolute atomic E-state index is 0.0486. The number of nitrogens with zero attached hydrogens (tertiary/aromatic N) is 2. The molecule has 256 valence electrons. The molecule has 1 spiro atoms. The van der Waals surface area contributed by atoms with Crippen LogP contribution < -0.4 is 26.0 Å². The first-order valence-electron chi connectivity index (χ1n) is 16.2. The molecule has 0 aliphatic carbocycles. The Hall–Kier alpha value is -5.37. The first kappa shape index (κ1) is 32.2. The maximum absolute atomic E-state index is 14.0. The number of hydrogen-bond donors (Lipinski definition) is 5. The fourth-order valence-electron chi connectivity index (χ4n) is 6.74. The van der Waals surface area contributed by atoms with E-state index in [4.69, 9.17) is 18.6 Å². The normalized spacial score (nSPS) is 22.5. The summed E-state index contributed by atoms with van der Waals surface area (Å²) < 4.78 is 24.0. The molecule has 0 fully saturated rings. The minimum atomic E-state index is -1.29.